The number of esters is 1. The number of imide groups is 1. The third-order valence-electron chi connectivity index (χ3n) is 5.21. The molecular weight excluding hydrogens is 440 g/mol. The van der Waals surface area contributed by atoms with Crippen LogP contribution in [0.25, 0.3) is 21.9 Å². The van der Waals surface area contributed by atoms with Gasteiger partial charge in [0.2, 0.25) is 0 Å². The van der Waals surface area contributed by atoms with Crippen LogP contribution in [0.5, 0.6) is 0 Å². The Balaban J connectivity index is 1.44. The summed E-state index contributed by atoms with van der Waals surface area (Å²) in [7, 11) is 0. The van der Waals surface area contributed by atoms with Crippen molar-refractivity contribution in [3.05, 3.63) is 65.7 Å². The zero-order valence-electron chi connectivity index (χ0n) is 18.0. The summed E-state index contributed by atoms with van der Waals surface area (Å²) < 4.78 is 4.98. The van der Waals surface area contributed by atoms with Gasteiger partial charge in [-0.3, -0.25) is 19.7 Å². The zero-order chi connectivity index (χ0) is 23.4. The summed E-state index contributed by atoms with van der Waals surface area (Å²) in [5, 5.41) is 6.36. The number of nitrogens with one attached hydrogen (secondary N) is 2. The Morgan fingerprint density at radius 2 is 1.67 bits per heavy atom. The number of urea groups is 1. The van der Waals surface area contributed by atoms with E-state index < -0.39 is 24.5 Å². The van der Waals surface area contributed by atoms with Crippen molar-refractivity contribution in [2.45, 2.75) is 18.2 Å². The lowest BCUT2D eigenvalue weighted by Crippen LogP contribution is -2.41. The molecule has 3 aromatic carbocycles. The number of hydrogen-bond donors (Lipinski definition) is 2. The molecular formula is C25H22N2O5S. The highest BCUT2D eigenvalue weighted by Crippen LogP contribution is 2.42. The van der Waals surface area contributed by atoms with Gasteiger partial charge in [0.1, 0.15) is 0 Å². The van der Waals surface area contributed by atoms with E-state index in [9.17, 15) is 19.2 Å². The Hall–Kier alpha value is -3.65. The van der Waals surface area contributed by atoms with Crippen molar-refractivity contribution in [3.8, 4) is 11.1 Å². The quantitative estimate of drug-likeness (QED) is 0.319. The van der Waals surface area contributed by atoms with Gasteiger partial charge in [-0.05, 0) is 29.0 Å². The van der Waals surface area contributed by atoms with Gasteiger partial charge in [0.05, 0.1) is 5.75 Å². The second-order valence-corrected chi connectivity index (χ2v) is 8.48. The van der Waals surface area contributed by atoms with Crippen molar-refractivity contribution in [2.24, 2.45) is 0 Å². The average Bonchev–Trinajstić information content (AvgIpc) is 2.83. The van der Waals surface area contributed by atoms with E-state index in [1.54, 1.807) is 0 Å². The van der Waals surface area contributed by atoms with Gasteiger partial charge >= 0.3 is 12.0 Å². The monoisotopic (exact) mass is 462 g/mol. The number of carbonyl (C=O) groups excluding carboxylic acids is 4. The van der Waals surface area contributed by atoms with E-state index >= 15 is 0 Å². The number of carbonyl (C=O) groups is 4. The van der Waals surface area contributed by atoms with E-state index in [-0.39, 0.29) is 11.5 Å². The maximum absolute atomic E-state index is 13.0. The van der Waals surface area contributed by atoms with Crippen LogP contribution in [-0.4, -0.2) is 42.6 Å². The van der Waals surface area contributed by atoms with Crippen LogP contribution in [0.1, 0.15) is 29.3 Å². The second kappa shape index (κ2) is 9.87. The lowest BCUT2D eigenvalue weighted by atomic mass is 9.83. The van der Waals surface area contributed by atoms with E-state index in [0.717, 1.165) is 33.2 Å². The summed E-state index contributed by atoms with van der Waals surface area (Å²) in [4.78, 5) is 49.2. The maximum Gasteiger partial charge on any atom is 0.321 e. The van der Waals surface area contributed by atoms with Gasteiger partial charge in [0.25, 0.3) is 5.91 Å². The Bertz CT molecular complexity index is 1270. The number of ether oxygens (including phenoxy) is 1. The van der Waals surface area contributed by atoms with Gasteiger partial charge in [-0.25, -0.2) is 4.79 Å². The van der Waals surface area contributed by atoms with Gasteiger partial charge in [0, 0.05) is 28.0 Å². The van der Waals surface area contributed by atoms with Gasteiger partial charge in [-0.2, -0.15) is 0 Å². The maximum atomic E-state index is 13.0. The Labute approximate surface area is 194 Å². The number of fused-ring (bicyclic) bond motifs is 2. The molecule has 3 aromatic rings. The number of thioether (sulfide) groups is 1. The molecule has 33 heavy (non-hydrogen) atoms. The van der Waals surface area contributed by atoms with E-state index in [0.29, 0.717) is 17.7 Å². The molecule has 3 amide bonds. The number of amides is 3. The van der Waals surface area contributed by atoms with Crippen molar-refractivity contribution in [1.29, 1.82) is 0 Å². The van der Waals surface area contributed by atoms with Gasteiger partial charge in [-0.15, -0.1) is 11.8 Å². The van der Waals surface area contributed by atoms with Crippen LogP contribution >= 0.6 is 11.8 Å². The number of ketones is 1. The summed E-state index contributed by atoms with van der Waals surface area (Å²) in [6, 6.07) is 16.4. The Morgan fingerprint density at radius 1 is 0.909 bits per heavy atom. The number of benzene rings is 3. The largest absolute Gasteiger partial charge is 0.455 e. The summed E-state index contributed by atoms with van der Waals surface area (Å²) in [5.74, 6) is -1.30. The fraction of sp³-hybridized carbons (Fsp3) is 0.200. The molecule has 7 nitrogen and oxygen atoms in total. The second-order valence-electron chi connectivity index (χ2n) is 7.47. The van der Waals surface area contributed by atoms with Gasteiger partial charge in [-0.1, -0.05) is 55.5 Å². The zero-order valence-corrected chi connectivity index (χ0v) is 18.8. The Morgan fingerprint density at radius 3 is 2.45 bits per heavy atom. The fourth-order valence-corrected chi connectivity index (χ4v) is 4.60. The number of hydrogen-bond acceptors (Lipinski definition) is 6. The predicted molar refractivity (Wildman–Crippen MR) is 126 cm³/mol. The molecule has 168 valence electrons. The predicted octanol–water partition coefficient (Wildman–Crippen LogP) is 3.92. The molecule has 0 heterocycles. The summed E-state index contributed by atoms with van der Waals surface area (Å²) in [5.41, 5.74) is 3.21. The molecule has 0 saturated carbocycles. The van der Waals surface area contributed by atoms with Crippen LogP contribution in [0.2, 0.25) is 0 Å². The Kier molecular flexibility index (Phi) is 6.74. The standard InChI is InChI=1S/C25H22N2O5S/c1-2-12-26-25(31)27-21(28)13-32-22(29)14-33-20-11-10-16-15-6-3-4-7-17(15)24(30)19-9-5-8-18(20)23(16)19/h3-11H,2,12-14H2,1H3,(H2,26,27,28,31). The molecule has 0 aromatic heterocycles. The van der Waals surface area contributed by atoms with Crippen LogP contribution in [0.3, 0.4) is 0 Å². The van der Waals surface area contributed by atoms with E-state index in [1.807, 2.05) is 61.5 Å². The first-order valence-electron chi connectivity index (χ1n) is 10.6. The lowest BCUT2D eigenvalue weighted by Gasteiger charge is -2.21. The van der Waals surface area contributed by atoms with Crippen molar-refractivity contribution in [1.82, 2.24) is 10.6 Å². The molecule has 2 N–H and O–H groups in total. The van der Waals surface area contributed by atoms with Crippen molar-refractivity contribution >= 4 is 46.2 Å². The SMILES string of the molecule is CCCNC(=O)NC(=O)COC(=O)CSc1ccc2c3c(cccc13)C(=O)c1ccccc1-2. The molecule has 0 fully saturated rings. The molecule has 1 aliphatic rings. The van der Waals surface area contributed by atoms with Crippen LogP contribution in [0.4, 0.5) is 4.79 Å². The fourth-order valence-electron chi connectivity index (χ4n) is 3.75. The minimum absolute atomic E-state index is 0.0146. The third-order valence-corrected chi connectivity index (χ3v) is 6.25. The summed E-state index contributed by atoms with van der Waals surface area (Å²) >= 11 is 1.27. The molecule has 0 bridgehead atoms. The molecule has 1 aliphatic carbocycles. The van der Waals surface area contributed by atoms with Crippen molar-refractivity contribution < 1.29 is 23.9 Å². The minimum Gasteiger partial charge on any atom is -0.455 e. The molecule has 4 rings (SSSR count). The molecule has 0 unspecified atom stereocenters. The third kappa shape index (κ3) is 4.75. The number of rotatable bonds is 7. The first kappa shape index (κ1) is 22.5. The molecule has 0 spiro atoms. The van der Waals surface area contributed by atoms with Crippen LogP contribution in [0, 0.1) is 0 Å². The van der Waals surface area contributed by atoms with E-state index in [1.165, 1.54) is 11.8 Å². The normalized spacial score (nSPS) is 11.6. The molecule has 8 heteroatoms. The first-order chi connectivity index (χ1) is 16.0. The highest BCUT2D eigenvalue weighted by Gasteiger charge is 2.25. The highest BCUT2D eigenvalue weighted by molar-refractivity contribution is 8.00. The van der Waals surface area contributed by atoms with E-state index in [2.05, 4.69) is 10.6 Å². The first-order valence-corrected chi connectivity index (χ1v) is 11.5. The smallest absolute Gasteiger partial charge is 0.321 e. The van der Waals surface area contributed by atoms with Gasteiger partial charge < -0.3 is 10.1 Å². The minimum atomic E-state index is -0.694. The van der Waals surface area contributed by atoms with Crippen LogP contribution < -0.4 is 10.6 Å². The van der Waals surface area contributed by atoms with E-state index in [4.69, 9.17) is 4.74 Å². The highest BCUT2D eigenvalue weighted by atomic mass is 32.2. The van der Waals surface area contributed by atoms with Crippen molar-refractivity contribution in [3.63, 3.8) is 0 Å². The van der Waals surface area contributed by atoms with Crippen molar-refractivity contribution in [2.75, 3.05) is 18.9 Å². The molecule has 0 radical (unpaired) electrons. The molecule has 0 atom stereocenters. The summed E-state index contributed by atoms with van der Waals surface area (Å²) in [6.07, 6.45) is 0.742. The van der Waals surface area contributed by atoms with Gasteiger partial charge in [0.15, 0.2) is 12.4 Å². The summed E-state index contributed by atoms with van der Waals surface area (Å²) in [6.45, 7) is 1.80. The molecule has 0 aliphatic heterocycles. The average molecular weight is 463 g/mol. The molecule has 0 saturated heterocycles. The van der Waals surface area contributed by atoms with Crippen LogP contribution in [-0.2, 0) is 14.3 Å². The topological polar surface area (TPSA) is 102 Å². The van der Waals surface area contributed by atoms with Crippen LogP contribution in [0.15, 0.2) is 59.5 Å². The lowest BCUT2D eigenvalue weighted by molar-refractivity contribution is -0.145.